The number of hydrogen-bond donors (Lipinski definition) is 1. The van der Waals surface area contributed by atoms with Crippen LogP contribution in [0.1, 0.15) is 38.7 Å². The summed E-state index contributed by atoms with van der Waals surface area (Å²) in [5.41, 5.74) is 0.381. The maximum Gasteiger partial charge on any atom is 0.224 e. The van der Waals surface area contributed by atoms with E-state index in [-0.39, 0.29) is 24.1 Å². The van der Waals surface area contributed by atoms with Crippen molar-refractivity contribution in [1.82, 2.24) is 10.2 Å². The van der Waals surface area contributed by atoms with Crippen molar-refractivity contribution in [3.8, 4) is 0 Å². The fourth-order valence-electron chi connectivity index (χ4n) is 2.19. The van der Waals surface area contributed by atoms with Crippen LogP contribution in [0.3, 0.4) is 0 Å². The fraction of sp³-hybridized carbons (Fsp3) is 0.529. The first-order valence-electron chi connectivity index (χ1n) is 7.80. The Morgan fingerprint density at radius 2 is 1.91 bits per heavy atom. The Kier molecular flexibility index (Phi) is 8.18. The SMILES string of the molecule is CCCCCN(CCNC(=O)Cc1ccccc1F)C(C)=O. The van der Waals surface area contributed by atoms with Crippen LogP contribution in [-0.4, -0.2) is 36.3 Å². The fourth-order valence-corrected chi connectivity index (χ4v) is 2.19. The Balaban J connectivity index is 2.33. The molecule has 0 aliphatic rings. The van der Waals surface area contributed by atoms with Gasteiger partial charge in [0.05, 0.1) is 6.42 Å². The first-order chi connectivity index (χ1) is 10.5. The molecule has 22 heavy (non-hydrogen) atoms. The molecule has 5 heteroatoms. The van der Waals surface area contributed by atoms with Crippen LogP contribution in [0.4, 0.5) is 4.39 Å². The molecule has 0 saturated heterocycles. The molecule has 0 aliphatic heterocycles. The summed E-state index contributed by atoms with van der Waals surface area (Å²) in [5.74, 6) is -0.593. The van der Waals surface area contributed by atoms with Crippen molar-refractivity contribution < 1.29 is 14.0 Å². The summed E-state index contributed by atoms with van der Waals surface area (Å²) in [7, 11) is 0. The lowest BCUT2D eigenvalue weighted by molar-refractivity contribution is -0.129. The number of carbonyl (C=O) groups is 2. The van der Waals surface area contributed by atoms with Crippen LogP contribution < -0.4 is 5.32 Å². The monoisotopic (exact) mass is 308 g/mol. The topological polar surface area (TPSA) is 49.4 Å². The Bertz CT molecular complexity index is 491. The van der Waals surface area contributed by atoms with Gasteiger partial charge in [-0.1, -0.05) is 38.0 Å². The van der Waals surface area contributed by atoms with E-state index in [1.54, 1.807) is 23.1 Å². The first-order valence-corrected chi connectivity index (χ1v) is 7.80. The zero-order valence-electron chi connectivity index (χ0n) is 13.4. The molecule has 1 rings (SSSR count). The summed E-state index contributed by atoms with van der Waals surface area (Å²) in [4.78, 5) is 25.0. The van der Waals surface area contributed by atoms with E-state index in [9.17, 15) is 14.0 Å². The second-order valence-corrected chi connectivity index (χ2v) is 5.33. The van der Waals surface area contributed by atoms with Gasteiger partial charge < -0.3 is 10.2 Å². The van der Waals surface area contributed by atoms with E-state index in [1.807, 2.05) is 0 Å². The smallest absolute Gasteiger partial charge is 0.224 e. The highest BCUT2D eigenvalue weighted by molar-refractivity contribution is 5.78. The number of benzene rings is 1. The summed E-state index contributed by atoms with van der Waals surface area (Å²) in [6, 6.07) is 6.24. The molecule has 0 aromatic heterocycles. The third kappa shape index (κ3) is 6.70. The molecule has 1 N–H and O–H groups in total. The summed E-state index contributed by atoms with van der Waals surface area (Å²) >= 11 is 0. The third-order valence-corrected chi connectivity index (χ3v) is 3.49. The Hall–Kier alpha value is -1.91. The maximum atomic E-state index is 13.4. The molecule has 0 spiro atoms. The predicted molar refractivity (Wildman–Crippen MR) is 84.9 cm³/mol. The van der Waals surface area contributed by atoms with Gasteiger partial charge >= 0.3 is 0 Å². The molecule has 122 valence electrons. The standard InChI is InChI=1S/C17H25FN2O2/c1-3-4-7-11-20(14(2)21)12-10-19-17(22)13-15-8-5-6-9-16(15)18/h5-6,8-9H,3-4,7,10-13H2,1-2H3,(H,19,22). The predicted octanol–water partition coefficient (Wildman–Crippen LogP) is 2.52. The lowest BCUT2D eigenvalue weighted by Crippen LogP contribution is -2.38. The Labute approximate surface area is 131 Å². The van der Waals surface area contributed by atoms with Crippen molar-refractivity contribution in [2.45, 2.75) is 39.5 Å². The van der Waals surface area contributed by atoms with Crippen molar-refractivity contribution in [2.75, 3.05) is 19.6 Å². The number of carbonyl (C=O) groups excluding carboxylic acids is 2. The van der Waals surface area contributed by atoms with Crippen molar-refractivity contribution in [1.29, 1.82) is 0 Å². The Morgan fingerprint density at radius 1 is 1.18 bits per heavy atom. The van der Waals surface area contributed by atoms with E-state index in [0.717, 1.165) is 19.3 Å². The van der Waals surface area contributed by atoms with Gasteiger partial charge in [0.2, 0.25) is 11.8 Å². The van der Waals surface area contributed by atoms with Crippen molar-refractivity contribution in [3.63, 3.8) is 0 Å². The average Bonchev–Trinajstić information content (AvgIpc) is 2.48. The largest absolute Gasteiger partial charge is 0.354 e. The molecule has 0 atom stereocenters. The zero-order valence-corrected chi connectivity index (χ0v) is 13.4. The van der Waals surface area contributed by atoms with E-state index in [0.29, 0.717) is 25.2 Å². The molecule has 0 bridgehead atoms. The molecule has 0 heterocycles. The molecule has 0 radical (unpaired) electrons. The summed E-state index contributed by atoms with van der Waals surface area (Å²) in [6.45, 7) is 5.24. The number of nitrogens with one attached hydrogen (secondary N) is 1. The second-order valence-electron chi connectivity index (χ2n) is 5.33. The molecule has 0 unspecified atom stereocenters. The van der Waals surface area contributed by atoms with Gasteiger partial charge in [-0.05, 0) is 18.1 Å². The van der Waals surface area contributed by atoms with Gasteiger partial charge in [-0.2, -0.15) is 0 Å². The van der Waals surface area contributed by atoms with E-state index >= 15 is 0 Å². The molecule has 2 amide bonds. The summed E-state index contributed by atoms with van der Waals surface area (Å²) in [6.07, 6.45) is 3.18. The maximum absolute atomic E-state index is 13.4. The van der Waals surface area contributed by atoms with Crippen molar-refractivity contribution in [3.05, 3.63) is 35.6 Å². The lowest BCUT2D eigenvalue weighted by Gasteiger charge is -2.21. The van der Waals surface area contributed by atoms with Gasteiger partial charge in [0.25, 0.3) is 0 Å². The van der Waals surface area contributed by atoms with E-state index in [4.69, 9.17) is 0 Å². The van der Waals surface area contributed by atoms with Crippen molar-refractivity contribution >= 4 is 11.8 Å². The highest BCUT2D eigenvalue weighted by atomic mass is 19.1. The van der Waals surface area contributed by atoms with E-state index in [2.05, 4.69) is 12.2 Å². The number of halogens is 1. The number of unbranched alkanes of at least 4 members (excludes halogenated alkanes) is 2. The quantitative estimate of drug-likeness (QED) is 0.713. The van der Waals surface area contributed by atoms with Crippen LogP contribution in [0.5, 0.6) is 0 Å². The minimum absolute atomic E-state index is 0.0134. The number of amides is 2. The van der Waals surface area contributed by atoms with Crippen LogP contribution in [0.15, 0.2) is 24.3 Å². The molecule has 4 nitrogen and oxygen atoms in total. The normalized spacial score (nSPS) is 10.3. The number of nitrogens with zero attached hydrogens (tertiary/aromatic N) is 1. The van der Waals surface area contributed by atoms with E-state index < -0.39 is 0 Å². The highest BCUT2D eigenvalue weighted by Crippen LogP contribution is 2.06. The summed E-state index contributed by atoms with van der Waals surface area (Å²) in [5, 5.41) is 2.73. The number of hydrogen-bond acceptors (Lipinski definition) is 2. The molecule has 0 aliphatic carbocycles. The molecule has 1 aromatic rings. The molecule has 0 saturated carbocycles. The molecular formula is C17H25FN2O2. The van der Waals surface area contributed by atoms with Gasteiger partial charge in [0.15, 0.2) is 0 Å². The highest BCUT2D eigenvalue weighted by Gasteiger charge is 2.10. The zero-order chi connectivity index (χ0) is 16.4. The van der Waals surface area contributed by atoms with E-state index in [1.165, 1.54) is 13.0 Å². The van der Waals surface area contributed by atoms with Gasteiger partial charge in [-0.3, -0.25) is 9.59 Å². The van der Waals surface area contributed by atoms with Gasteiger partial charge in [0.1, 0.15) is 5.82 Å². The molecule has 0 fully saturated rings. The second kappa shape index (κ2) is 9.92. The third-order valence-electron chi connectivity index (χ3n) is 3.49. The minimum Gasteiger partial charge on any atom is -0.354 e. The van der Waals surface area contributed by atoms with Crippen LogP contribution in [-0.2, 0) is 16.0 Å². The Morgan fingerprint density at radius 3 is 2.55 bits per heavy atom. The number of rotatable bonds is 9. The minimum atomic E-state index is -0.373. The molecular weight excluding hydrogens is 283 g/mol. The van der Waals surface area contributed by atoms with Crippen LogP contribution >= 0.6 is 0 Å². The van der Waals surface area contributed by atoms with Gasteiger partial charge in [-0.25, -0.2) is 4.39 Å². The van der Waals surface area contributed by atoms with Crippen molar-refractivity contribution in [2.24, 2.45) is 0 Å². The van der Waals surface area contributed by atoms with Crippen LogP contribution in [0.25, 0.3) is 0 Å². The summed E-state index contributed by atoms with van der Waals surface area (Å²) < 4.78 is 13.4. The van der Waals surface area contributed by atoms with Crippen LogP contribution in [0, 0.1) is 5.82 Å². The van der Waals surface area contributed by atoms with Gasteiger partial charge in [0, 0.05) is 26.6 Å². The molecule has 1 aromatic carbocycles. The van der Waals surface area contributed by atoms with Gasteiger partial charge in [-0.15, -0.1) is 0 Å². The van der Waals surface area contributed by atoms with Crippen LogP contribution in [0.2, 0.25) is 0 Å². The first kappa shape index (κ1) is 18.1. The lowest BCUT2D eigenvalue weighted by atomic mass is 10.1. The average molecular weight is 308 g/mol.